The fourth-order valence-electron chi connectivity index (χ4n) is 2.15. The Morgan fingerprint density at radius 3 is 2.85 bits per heavy atom. The van der Waals surface area contributed by atoms with E-state index in [1.807, 2.05) is 24.3 Å². The van der Waals surface area contributed by atoms with Gasteiger partial charge in [0.1, 0.15) is 19.0 Å². The summed E-state index contributed by atoms with van der Waals surface area (Å²) in [5, 5.41) is 3.28. The number of nitrogens with zero attached hydrogens (tertiary/aromatic N) is 1. The largest absolute Gasteiger partial charge is 0.486 e. The molecule has 3 N–H and O–H groups in total. The molecule has 0 bridgehead atoms. The van der Waals surface area contributed by atoms with E-state index in [4.69, 9.17) is 15.2 Å². The highest BCUT2D eigenvalue weighted by Gasteiger charge is 2.11. The number of fused-ring (bicyclic) bond motifs is 1. The topological polar surface area (TPSA) is 69.4 Å². The molecule has 0 atom stereocenters. The Labute approximate surface area is 117 Å². The molecule has 1 aliphatic heterocycles. The van der Waals surface area contributed by atoms with E-state index in [9.17, 15) is 0 Å². The van der Waals surface area contributed by atoms with Gasteiger partial charge < -0.3 is 20.5 Å². The molecule has 0 radical (unpaired) electrons. The van der Waals surface area contributed by atoms with E-state index in [-0.39, 0.29) is 0 Å². The Morgan fingerprint density at radius 1 is 1.15 bits per heavy atom. The molecular weight excluding hydrogens is 254 g/mol. The summed E-state index contributed by atoms with van der Waals surface area (Å²) in [6.45, 7) is 2.02. The lowest BCUT2D eigenvalue weighted by Gasteiger charge is -2.19. The number of rotatable bonds is 4. The first-order valence-corrected chi connectivity index (χ1v) is 6.66. The average molecular weight is 271 g/mol. The lowest BCUT2D eigenvalue weighted by molar-refractivity contribution is 0.171. The molecule has 0 unspecified atom stereocenters. The SMILES string of the molecule is Nc1ncccc1NCCc1ccc2c(c1)OCCO2. The van der Waals surface area contributed by atoms with Crippen molar-refractivity contribution < 1.29 is 9.47 Å². The van der Waals surface area contributed by atoms with Gasteiger partial charge in [0.25, 0.3) is 0 Å². The standard InChI is InChI=1S/C15H17N3O2/c16-15-12(2-1-6-18-15)17-7-5-11-3-4-13-14(10-11)20-9-8-19-13/h1-4,6,10,17H,5,7-9H2,(H2,16,18). The normalized spacial score (nSPS) is 13.0. The van der Waals surface area contributed by atoms with E-state index >= 15 is 0 Å². The minimum absolute atomic E-state index is 0.523. The van der Waals surface area contributed by atoms with Gasteiger partial charge in [0.05, 0.1) is 5.69 Å². The molecule has 0 spiro atoms. The maximum Gasteiger partial charge on any atom is 0.161 e. The van der Waals surface area contributed by atoms with Crippen LogP contribution in [-0.2, 0) is 6.42 Å². The second-order valence-electron chi connectivity index (χ2n) is 4.59. The Bertz CT molecular complexity index is 601. The predicted octanol–water partition coefficient (Wildman–Crippen LogP) is 2.09. The van der Waals surface area contributed by atoms with Crippen LogP contribution in [0.2, 0.25) is 0 Å². The third-order valence-electron chi connectivity index (χ3n) is 3.17. The molecule has 2 heterocycles. The molecular formula is C15H17N3O2. The highest BCUT2D eigenvalue weighted by molar-refractivity contribution is 5.60. The van der Waals surface area contributed by atoms with Crippen LogP contribution < -0.4 is 20.5 Å². The Kier molecular flexibility index (Phi) is 3.58. The number of pyridine rings is 1. The number of benzene rings is 1. The number of nitrogens with one attached hydrogen (secondary N) is 1. The number of ether oxygens (including phenoxy) is 2. The molecule has 20 heavy (non-hydrogen) atoms. The van der Waals surface area contributed by atoms with Crippen molar-refractivity contribution in [1.82, 2.24) is 4.98 Å². The lowest BCUT2D eigenvalue weighted by atomic mass is 10.1. The van der Waals surface area contributed by atoms with Crippen molar-refractivity contribution in [2.75, 3.05) is 30.8 Å². The molecule has 5 heteroatoms. The average Bonchev–Trinajstić information content (AvgIpc) is 2.49. The quantitative estimate of drug-likeness (QED) is 0.891. The van der Waals surface area contributed by atoms with E-state index in [1.54, 1.807) is 6.20 Å². The van der Waals surface area contributed by atoms with Gasteiger partial charge in [-0.1, -0.05) is 6.07 Å². The third-order valence-corrected chi connectivity index (χ3v) is 3.17. The molecule has 1 aromatic carbocycles. The van der Waals surface area contributed by atoms with Crippen LogP contribution in [0.15, 0.2) is 36.5 Å². The van der Waals surface area contributed by atoms with Crippen LogP contribution in [0.5, 0.6) is 11.5 Å². The van der Waals surface area contributed by atoms with Gasteiger partial charge >= 0.3 is 0 Å². The molecule has 3 rings (SSSR count). The smallest absolute Gasteiger partial charge is 0.161 e. The monoisotopic (exact) mass is 271 g/mol. The zero-order chi connectivity index (χ0) is 13.8. The Morgan fingerprint density at radius 2 is 2.00 bits per heavy atom. The van der Waals surface area contributed by atoms with Gasteiger partial charge in [0.2, 0.25) is 0 Å². The summed E-state index contributed by atoms with van der Waals surface area (Å²) in [6, 6.07) is 9.84. The van der Waals surface area contributed by atoms with Gasteiger partial charge in [-0.2, -0.15) is 0 Å². The summed E-state index contributed by atoms with van der Waals surface area (Å²) in [5.41, 5.74) is 7.85. The van der Waals surface area contributed by atoms with Crippen LogP contribution in [0.4, 0.5) is 11.5 Å². The van der Waals surface area contributed by atoms with E-state index in [2.05, 4.69) is 16.4 Å². The summed E-state index contributed by atoms with van der Waals surface area (Å²) >= 11 is 0. The zero-order valence-electron chi connectivity index (χ0n) is 11.1. The minimum atomic E-state index is 0.523. The van der Waals surface area contributed by atoms with Gasteiger partial charge in [-0.05, 0) is 36.2 Å². The molecule has 0 amide bonds. The fourth-order valence-corrected chi connectivity index (χ4v) is 2.15. The zero-order valence-corrected chi connectivity index (χ0v) is 11.1. The predicted molar refractivity (Wildman–Crippen MR) is 78.3 cm³/mol. The van der Waals surface area contributed by atoms with Crippen molar-refractivity contribution in [2.24, 2.45) is 0 Å². The molecule has 2 aromatic rings. The van der Waals surface area contributed by atoms with Crippen LogP contribution in [0, 0.1) is 0 Å². The number of hydrogen-bond donors (Lipinski definition) is 2. The van der Waals surface area contributed by atoms with E-state index in [0.717, 1.165) is 30.2 Å². The summed E-state index contributed by atoms with van der Waals surface area (Å²) < 4.78 is 11.1. The van der Waals surface area contributed by atoms with Gasteiger partial charge in [0, 0.05) is 12.7 Å². The van der Waals surface area contributed by atoms with Crippen molar-refractivity contribution in [2.45, 2.75) is 6.42 Å². The fraction of sp³-hybridized carbons (Fsp3) is 0.267. The van der Waals surface area contributed by atoms with Crippen molar-refractivity contribution >= 4 is 11.5 Å². The maximum absolute atomic E-state index is 5.78. The van der Waals surface area contributed by atoms with Crippen LogP contribution in [0.1, 0.15) is 5.56 Å². The lowest BCUT2D eigenvalue weighted by Crippen LogP contribution is -2.15. The molecule has 5 nitrogen and oxygen atoms in total. The van der Waals surface area contributed by atoms with Gasteiger partial charge in [-0.25, -0.2) is 4.98 Å². The van der Waals surface area contributed by atoms with Crippen molar-refractivity contribution in [3.8, 4) is 11.5 Å². The number of anilines is 2. The molecule has 1 aromatic heterocycles. The second-order valence-corrected chi connectivity index (χ2v) is 4.59. The van der Waals surface area contributed by atoms with Gasteiger partial charge in [-0.3, -0.25) is 0 Å². The van der Waals surface area contributed by atoms with Crippen LogP contribution in [-0.4, -0.2) is 24.7 Å². The highest BCUT2D eigenvalue weighted by Crippen LogP contribution is 2.30. The highest BCUT2D eigenvalue weighted by atomic mass is 16.6. The van der Waals surface area contributed by atoms with Crippen molar-refractivity contribution in [3.63, 3.8) is 0 Å². The molecule has 0 aliphatic carbocycles. The van der Waals surface area contributed by atoms with E-state index in [1.165, 1.54) is 5.56 Å². The van der Waals surface area contributed by atoms with E-state index in [0.29, 0.717) is 19.0 Å². The molecule has 0 saturated carbocycles. The number of nitrogen functional groups attached to an aromatic ring is 1. The third kappa shape index (κ3) is 2.77. The number of aromatic nitrogens is 1. The van der Waals surface area contributed by atoms with Gasteiger partial charge in [0.15, 0.2) is 11.5 Å². The summed E-state index contributed by atoms with van der Waals surface area (Å²) in [7, 11) is 0. The number of nitrogens with two attached hydrogens (primary N) is 1. The first-order chi connectivity index (χ1) is 9.83. The first kappa shape index (κ1) is 12.6. The molecule has 1 aliphatic rings. The van der Waals surface area contributed by atoms with Crippen LogP contribution in [0.3, 0.4) is 0 Å². The second kappa shape index (κ2) is 5.69. The summed E-state index contributed by atoms with van der Waals surface area (Å²) in [5.74, 6) is 2.17. The summed E-state index contributed by atoms with van der Waals surface area (Å²) in [6.07, 6.45) is 2.56. The molecule has 104 valence electrons. The number of hydrogen-bond acceptors (Lipinski definition) is 5. The molecule has 0 fully saturated rings. The van der Waals surface area contributed by atoms with Crippen molar-refractivity contribution in [1.29, 1.82) is 0 Å². The van der Waals surface area contributed by atoms with Gasteiger partial charge in [-0.15, -0.1) is 0 Å². The minimum Gasteiger partial charge on any atom is -0.486 e. The van der Waals surface area contributed by atoms with Crippen molar-refractivity contribution in [3.05, 3.63) is 42.1 Å². The van der Waals surface area contributed by atoms with Crippen LogP contribution >= 0.6 is 0 Å². The Balaban J connectivity index is 1.60. The van der Waals surface area contributed by atoms with Crippen LogP contribution in [0.25, 0.3) is 0 Å². The maximum atomic E-state index is 5.78. The Hall–Kier alpha value is -2.43. The first-order valence-electron chi connectivity index (χ1n) is 6.66. The summed E-state index contributed by atoms with van der Waals surface area (Å²) in [4.78, 5) is 4.04. The molecule has 0 saturated heterocycles. The van der Waals surface area contributed by atoms with E-state index < -0.39 is 0 Å².